The lowest BCUT2D eigenvalue weighted by molar-refractivity contribution is -0.121. The predicted octanol–water partition coefficient (Wildman–Crippen LogP) is 2.20. The van der Waals surface area contributed by atoms with Gasteiger partial charge in [-0.25, -0.2) is 0 Å². The van der Waals surface area contributed by atoms with E-state index in [0.717, 1.165) is 23.9 Å². The lowest BCUT2D eigenvalue weighted by Gasteiger charge is -2.60. The molecule has 0 bridgehead atoms. The van der Waals surface area contributed by atoms with Crippen molar-refractivity contribution >= 4 is 0 Å². The fourth-order valence-electron chi connectivity index (χ4n) is 4.38. The molecule has 0 radical (unpaired) electrons. The highest BCUT2D eigenvalue weighted by Gasteiger charge is 2.59. The third kappa shape index (κ3) is 1.24. The highest BCUT2D eigenvalue weighted by atomic mass is 15.4. The molecule has 0 aromatic heterocycles. The third-order valence-electron chi connectivity index (χ3n) is 5.30. The van der Waals surface area contributed by atoms with Crippen molar-refractivity contribution in [2.75, 3.05) is 7.05 Å². The topological polar surface area (TPSA) is 15.3 Å². The van der Waals surface area contributed by atoms with Crippen LogP contribution in [-0.2, 0) is 0 Å². The van der Waals surface area contributed by atoms with Gasteiger partial charge in [0.25, 0.3) is 0 Å². The first-order chi connectivity index (χ1) is 7.16. The summed E-state index contributed by atoms with van der Waals surface area (Å²) < 4.78 is 0. The monoisotopic (exact) mass is 208 g/mol. The quantitative estimate of drug-likeness (QED) is 0.748. The molecule has 3 aliphatic rings. The van der Waals surface area contributed by atoms with E-state index in [1.807, 2.05) is 0 Å². The van der Waals surface area contributed by atoms with E-state index in [1.165, 1.54) is 32.1 Å². The zero-order chi connectivity index (χ0) is 10.6. The summed E-state index contributed by atoms with van der Waals surface area (Å²) in [5.74, 6) is 1.88. The Morgan fingerprint density at radius 1 is 1.27 bits per heavy atom. The van der Waals surface area contributed by atoms with Crippen LogP contribution in [0.3, 0.4) is 0 Å². The van der Waals surface area contributed by atoms with Gasteiger partial charge in [-0.1, -0.05) is 13.8 Å². The van der Waals surface area contributed by atoms with Crippen LogP contribution in [0.25, 0.3) is 0 Å². The molecule has 3 aliphatic heterocycles. The van der Waals surface area contributed by atoms with Crippen LogP contribution in [0.5, 0.6) is 0 Å². The first-order valence-corrected chi connectivity index (χ1v) is 6.63. The first kappa shape index (κ1) is 10.1. The van der Waals surface area contributed by atoms with Gasteiger partial charge in [-0.15, -0.1) is 0 Å². The minimum Gasteiger partial charge on any atom is -0.302 e. The number of piperidine rings is 1. The van der Waals surface area contributed by atoms with Gasteiger partial charge in [0.1, 0.15) is 0 Å². The molecule has 0 aromatic carbocycles. The molecule has 0 spiro atoms. The molecular weight excluding hydrogens is 184 g/mol. The van der Waals surface area contributed by atoms with Gasteiger partial charge in [-0.3, -0.25) is 4.90 Å². The molecule has 0 aromatic rings. The number of hydrogen-bond donors (Lipinski definition) is 1. The van der Waals surface area contributed by atoms with E-state index in [1.54, 1.807) is 0 Å². The van der Waals surface area contributed by atoms with Crippen LogP contribution in [-0.4, -0.2) is 29.7 Å². The highest BCUT2D eigenvalue weighted by Crippen LogP contribution is 2.53. The van der Waals surface area contributed by atoms with Crippen molar-refractivity contribution in [3.8, 4) is 0 Å². The molecule has 3 heterocycles. The van der Waals surface area contributed by atoms with Crippen molar-refractivity contribution in [2.45, 2.75) is 63.7 Å². The first-order valence-electron chi connectivity index (χ1n) is 6.63. The van der Waals surface area contributed by atoms with Crippen molar-refractivity contribution in [3.63, 3.8) is 0 Å². The van der Waals surface area contributed by atoms with Crippen LogP contribution in [0.1, 0.15) is 46.0 Å². The Labute approximate surface area is 93.4 Å². The Bertz CT molecular complexity index is 263. The second-order valence-corrected chi connectivity index (χ2v) is 6.21. The molecule has 2 nitrogen and oxygen atoms in total. The predicted molar refractivity (Wildman–Crippen MR) is 62.6 cm³/mol. The summed E-state index contributed by atoms with van der Waals surface area (Å²) in [4.78, 5) is 2.81. The van der Waals surface area contributed by atoms with Crippen molar-refractivity contribution in [1.82, 2.24) is 10.2 Å². The Kier molecular flexibility index (Phi) is 2.16. The molecule has 0 saturated carbocycles. The summed E-state index contributed by atoms with van der Waals surface area (Å²) in [7, 11) is 2.15. The van der Waals surface area contributed by atoms with Crippen LogP contribution in [0.4, 0.5) is 0 Å². The summed E-state index contributed by atoms with van der Waals surface area (Å²) >= 11 is 0. The van der Waals surface area contributed by atoms with E-state index >= 15 is 0 Å². The van der Waals surface area contributed by atoms with Gasteiger partial charge >= 0.3 is 0 Å². The number of hydrogen-bond acceptors (Lipinski definition) is 2. The van der Waals surface area contributed by atoms with Crippen LogP contribution < -0.4 is 5.32 Å². The Hall–Kier alpha value is -0.0800. The van der Waals surface area contributed by atoms with Crippen LogP contribution in [0, 0.1) is 11.8 Å². The SMILES string of the molecule is CNC12CC[C@@H]3CC(C(C)C)C[C@H](C1)N32. The van der Waals surface area contributed by atoms with E-state index in [4.69, 9.17) is 0 Å². The van der Waals surface area contributed by atoms with Gasteiger partial charge in [0.05, 0.1) is 5.66 Å². The summed E-state index contributed by atoms with van der Waals surface area (Å²) in [5, 5.41) is 3.58. The van der Waals surface area contributed by atoms with Crippen molar-refractivity contribution in [3.05, 3.63) is 0 Å². The number of rotatable bonds is 2. The molecule has 2 heteroatoms. The molecule has 0 amide bonds. The van der Waals surface area contributed by atoms with Gasteiger partial charge in [0.2, 0.25) is 0 Å². The number of nitrogens with one attached hydrogen (secondary N) is 1. The average Bonchev–Trinajstić information content (AvgIpc) is 2.51. The minimum absolute atomic E-state index is 0.428. The fraction of sp³-hybridized carbons (Fsp3) is 1.00. The Morgan fingerprint density at radius 3 is 2.67 bits per heavy atom. The molecule has 3 saturated heterocycles. The molecule has 2 unspecified atom stereocenters. The Balaban J connectivity index is 1.76. The van der Waals surface area contributed by atoms with Gasteiger partial charge in [-0.05, 0) is 51.0 Å². The minimum atomic E-state index is 0.428. The summed E-state index contributed by atoms with van der Waals surface area (Å²) in [5.41, 5.74) is 0.428. The summed E-state index contributed by atoms with van der Waals surface area (Å²) in [6.45, 7) is 4.80. The maximum absolute atomic E-state index is 3.58. The highest BCUT2D eigenvalue weighted by molar-refractivity contribution is 5.13. The zero-order valence-corrected chi connectivity index (χ0v) is 10.3. The van der Waals surface area contributed by atoms with Gasteiger partial charge in [0, 0.05) is 12.1 Å². The van der Waals surface area contributed by atoms with Crippen LogP contribution >= 0.6 is 0 Å². The fourth-order valence-corrected chi connectivity index (χ4v) is 4.38. The largest absolute Gasteiger partial charge is 0.302 e. The van der Waals surface area contributed by atoms with Gasteiger partial charge < -0.3 is 5.32 Å². The second kappa shape index (κ2) is 3.21. The standard InChI is InChI=1S/C13H24N2/c1-9(2)10-6-11-4-5-13(14-3)8-12(7-10)15(11)13/h9-12,14H,4-8H2,1-3H3/t10?,11-,12-,13?/m1/s1. The zero-order valence-electron chi connectivity index (χ0n) is 10.3. The lowest BCUT2D eigenvalue weighted by Crippen LogP contribution is -2.72. The second-order valence-electron chi connectivity index (χ2n) is 6.21. The molecule has 4 atom stereocenters. The molecule has 0 aliphatic carbocycles. The maximum Gasteiger partial charge on any atom is 0.0730 e. The molecule has 3 rings (SSSR count). The molecule has 3 fully saturated rings. The molecular formula is C13H24N2. The van der Waals surface area contributed by atoms with Crippen LogP contribution in [0.15, 0.2) is 0 Å². The summed E-state index contributed by atoms with van der Waals surface area (Å²) in [6.07, 6.45) is 7.13. The third-order valence-corrected chi connectivity index (χ3v) is 5.30. The molecule has 15 heavy (non-hydrogen) atoms. The summed E-state index contributed by atoms with van der Waals surface area (Å²) in [6, 6.07) is 1.81. The van der Waals surface area contributed by atoms with Crippen molar-refractivity contribution < 1.29 is 0 Å². The smallest absolute Gasteiger partial charge is 0.0730 e. The van der Waals surface area contributed by atoms with E-state index in [9.17, 15) is 0 Å². The average molecular weight is 208 g/mol. The normalized spacial score (nSPS) is 49.2. The lowest BCUT2D eigenvalue weighted by atomic mass is 9.73. The van der Waals surface area contributed by atoms with E-state index in [0.29, 0.717) is 5.66 Å². The van der Waals surface area contributed by atoms with Gasteiger partial charge in [0.15, 0.2) is 0 Å². The van der Waals surface area contributed by atoms with Gasteiger partial charge in [-0.2, -0.15) is 0 Å². The molecule has 86 valence electrons. The van der Waals surface area contributed by atoms with E-state index < -0.39 is 0 Å². The maximum atomic E-state index is 3.58. The number of nitrogens with zero attached hydrogens (tertiary/aromatic N) is 1. The van der Waals surface area contributed by atoms with E-state index in [-0.39, 0.29) is 0 Å². The van der Waals surface area contributed by atoms with Crippen molar-refractivity contribution in [1.29, 1.82) is 0 Å². The van der Waals surface area contributed by atoms with Crippen LogP contribution in [0.2, 0.25) is 0 Å². The van der Waals surface area contributed by atoms with E-state index in [2.05, 4.69) is 31.1 Å². The Morgan fingerprint density at radius 2 is 2.00 bits per heavy atom. The molecule has 1 N–H and O–H groups in total. The van der Waals surface area contributed by atoms with Crippen molar-refractivity contribution in [2.24, 2.45) is 11.8 Å².